The predicted octanol–water partition coefficient (Wildman–Crippen LogP) is 6.13. The maximum Gasteiger partial charge on any atom is 0.335 e. The van der Waals surface area contributed by atoms with Crippen LogP contribution in [-0.4, -0.2) is 11.1 Å². The summed E-state index contributed by atoms with van der Waals surface area (Å²) in [7, 11) is 0. The first-order valence-corrected chi connectivity index (χ1v) is 9.11. The highest BCUT2D eigenvalue weighted by Crippen LogP contribution is 2.37. The third-order valence-electron chi connectivity index (χ3n) is 5.39. The minimum atomic E-state index is -0.879. The first kappa shape index (κ1) is 16.8. The van der Waals surface area contributed by atoms with E-state index >= 15 is 0 Å². The van der Waals surface area contributed by atoms with E-state index in [1.807, 2.05) is 12.1 Å². The topological polar surface area (TPSA) is 37.3 Å². The van der Waals surface area contributed by atoms with Crippen molar-refractivity contribution in [3.05, 3.63) is 59.7 Å². The molecule has 2 heteroatoms. The fraction of sp³-hybridized carbons (Fsp3) is 0.409. The summed E-state index contributed by atoms with van der Waals surface area (Å²) in [5, 5.41) is 8.98. The summed E-state index contributed by atoms with van der Waals surface area (Å²) in [4.78, 5) is 10.9. The molecule has 0 bridgehead atoms. The molecule has 1 fully saturated rings. The van der Waals surface area contributed by atoms with Crippen molar-refractivity contribution in [1.29, 1.82) is 0 Å². The maximum atomic E-state index is 10.9. The molecule has 2 nitrogen and oxygen atoms in total. The van der Waals surface area contributed by atoms with Crippen LogP contribution in [-0.2, 0) is 0 Å². The molecule has 0 unspecified atom stereocenters. The molecular formula is C22H26O2. The molecule has 1 aliphatic carbocycles. The van der Waals surface area contributed by atoms with Crippen LogP contribution in [0.2, 0.25) is 0 Å². The van der Waals surface area contributed by atoms with Gasteiger partial charge in [0, 0.05) is 0 Å². The fourth-order valence-corrected chi connectivity index (χ4v) is 3.95. The van der Waals surface area contributed by atoms with Gasteiger partial charge in [0.15, 0.2) is 0 Å². The van der Waals surface area contributed by atoms with Gasteiger partial charge in [-0.15, -0.1) is 0 Å². The van der Waals surface area contributed by atoms with Gasteiger partial charge in [-0.2, -0.15) is 0 Å². The van der Waals surface area contributed by atoms with Gasteiger partial charge in [-0.05, 0) is 66.3 Å². The van der Waals surface area contributed by atoms with E-state index in [9.17, 15) is 4.79 Å². The molecule has 2 aromatic rings. The first-order chi connectivity index (χ1) is 11.7. The zero-order chi connectivity index (χ0) is 16.9. The average molecular weight is 322 g/mol. The number of carboxylic acid groups (broad SMARTS) is 1. The maximum absolute atomic E-state index is 10.9. The van der Waals surface area contributed by atoms with Gasteiger partial charge >= 0.3 is 5.97 Å². The van der Waals surface area contributed by atoms with Crippen LogP contribution in [0.25, 0.3) is 11.1 Å². The van der Waals surface area contributed by atoms with E-state index in [0.717, 1.165) is 17.0 Å². The molecule has 0 radical (unpaired) electrons. The second kappa shape index (κ2) is 7.65. The highest BCUT2D eigenvalue weighted by molar-refractivity contribution is 5.88. The van der Waals surface area contributed by atoms with Crippen molar-refractivity contribution in [3.8, 4) is 11.1 Å². The normalized spacial score (nSPS) is 20.7. The molecule has 2 aromatic carbocycles. The number of benzene rings is 2. The third-order valence-corrected chi connectivity index (χ3v) is 5.39. The third kappa shape index (κ3) is 3.87. The Morgan fingerprint density at radius 3 is 1.96 bits per heavy atom. The van der Waals surface area contributed by atoms with Gasteiger partial charge in [-0.1, -0.05) is 56.2 Å². The van der Waals surface area contributed by atoms with Crippen LogP contribution in [0.1, 0.15) is 67.3 Å². The molecule has 0 atom stereocenters. The van der Waals surface area contributed by atoms with E-state index in [0.29, 0.717) is 11.5 Å². The predicted molar refractivity (Wildman–Crippen MR) is 98.4 cm³/mol. The van der Waals surface area contributed by atoms with E-state index in [2.05, 4.69) is 31.2 Å². The van der Waals surface area contributed by atoms with Crippen LogP contribution in [0.4, 0.5) is 0 Å². The van der Waals surface area contributed by atoms with E-state index in [1.165, 1.54) is 44.1 Å². The summed E-state index contributed by atoms with van der Waals surface area (Å²) < 4.78 is 0. The van der Waals surface area contributed by atoms with Crippen molar-refractivity contribution < 1.29 is 9.90 Å². The lowest BCUT2D eigenvalue weighted by Gasteiger charge is -2.28. The van der Waals surface area contributed by atoms with Gasteiger partial charge in [0.05, 0.1) is 5.56 Å². The highest BCUT2D eigenvalue weighted by Gasteiger charge is 2.21. The summed E-state index contributed by atoms with van der Waals surface area (Å²) in [5.74, 6) is 0.774. The van der Waals surface area contributed by atoms with Crippen LogP contribution in [0.5, 0.6) is 0 Å². The van der Waals surface area contributed by atoms with E-state index in [1.54, 1.807) is 12.1 Å². The van der Waals surface area contributed by atoms with Crippen molar-refractivity contribution >= 4 is 5.97 Å². The number of aromatic carboxylic acids is 1. The number of hydrogen-bond donors (Lipinski definition) is 1. The van der Waals surface area contributed by atoms with Crippen LogP contribution in [0.3, 0.4) is 0 Å². The number of carboxylic acids is 1. The lowest BCUT2D eigenvalue weighted by atomic mass is 9.77. The molecule has 126 valence electrons. The monoisotopic (exact) mass is 322 g/mol. The zero-order valence-electron chi connectivity index (χ0n) is 14.4. The van der Waals surface area contributed by atoms with Crippen molar-refractivity contribution in [2.45, 2.75) is 51.4 Å². The summed E-state index contributed by atoms with van der Waals surface area (Å²) in [6, 6.07) is 16.0. The molecule has 0 aromatic heterocycles. The van der Waals surface area contributed by atoms with Crippen LogP contribution in [0.15, 0.2) is 48.5 Å². The quantitative estimate of drug-likeness (QED) is 0.719. The van der Waals surface area contributed by atoms with E-state index in [4.69, 9.17) is 5.11 Å². The standard InChI is InChI=1S/C22H26O2/c1-2-3-16-4-6-17(7-5-16)18-8-10-19(11-9-18)20-12-14-21(15-13-20)22(23)24/h8-17H,2-7H2,1H3,(H,23,24)/t16-,17-. The Morgan fingerprint density at radius 1 is 0.917 bits per heavy atom. The van der Waals surface area contributed by atoms with Gasteiger partial charge in [-0.25, -0.2) is 4.79 Å². The summed E-state index contributed by atoms with van der Waals surface area (Å²) in [5.41, 5.74) is 4.00. The van der Waals surface area contributed by atoms with Crippen LogP contribution < -0.4 is 0 Å². The van der Waals surface area contributed by atoms with E-state index in [-0.39, 0.29) is 0 Å². The van der Waals surface area contributed by atoms with Crippen molar-refractivity contribution in [1.82, 2.24) is 0 Å². The molecule has 0 heterocycles. The lowest BCUT2D eigenvalue weighted by molar-refractivity contribution is 0.0697. The Balaban J connectivity index is 1.66. The number of hydrogen-bond acceptors (Lipinski definition) is 1. The van der Waals surface area contributed by atoms with Gasteiger partial charge in [0.25, 0.3) is 0 Å². The second-order valence-electron chi connectivity index (χ2n) is 7.01. The molecule has 1 N–H and O–H groups in total. The molecule has 1 aliphatic rings. The Bertz CT molecular complexity index is 662. The van der Waals surface area contributed by atoms with Crippen molar-refractivity contribution in [2.24, 2.45) is 5.92 Å². The number of carbonyl (C=O) groups is 1. The SMILES string of the molecule is CCC[C@H]1CC[C@H](c2ccc(-c3ccc(C(=O)O)cc3)cc2)CC1. The Morgan fingerprint density at radius 2 is 1.46 bits per heavy atom. The Kier molecular flexibility index (Phi) is 5.34. The average Bonchev–Trinajstić information content (AvgIpc) is 2.63. The summed E-state index contributed by atoms with van der Waals surface area (Å²) in [6.45, 7) is 2.29. The second-order valence-corrected chi connectivity index (χ2v) is 7.01. The summed E-state index contributed by atoms with van der Waals surface area (Å²) in [6.07, 6.45) is 8.07. The van der Waals surface area contributed by atoms with Gasteiger partial charge < -0.3 is 5.11 Å². The van der Waals surface area contributed by atoms with Crippen molar-refractivity contribution in [2.75, 3.05) is 0 Å². The zero-order valence-corrected chi connectivity index (χ0v) is 14.4. The minimum absolute atomic E-state index is 0.333. The minimum Gasteiger partial charge on any atom is -0.478 e. The molecule has 3 rings (SSSR count). The van der Waals surface area contributed by atoms with Gasteiger partial charge in [0.2, 0.25) is 0 Å². The molecule has 1 saturated carbocycles. The van der Waals surface area contributed by atoms with Gasteiger partial charge in [-0.3, -0.25) is 0 Å². The smallest absolute Gasteiger partial charge is 0.335 e. The fourth-order valence-electron chi connectivity index (χ4n) is 3.95. The largest absolute Gasteiger partial charge is 0.478 e. The molecule has 0 spiro atoms. The highest BCUT2D eigenvalue weighted by atomic mass is 16.4. The molecule has 0 saturated heterocycles. The molecule has 0 aliphatic heterocycles. The van der Waals surface area contributed by atoms with Crippen molar-refractivity contribution in [3.63, 3.8) is 0 Å². The van der Waals surface area contributed by atoms with Crippen LogP contribution >= 0.6 is 0 Å². The number of rotatable bonds is 5. The first-order valence-electron chi connectivity index (χ1n) is 9.11. The van der Waals surface area contributed by atoms with Gasteiger partial charge in [0.1, 0.15) is 0 Å². The molecule has 24 heavy (non-hydrogen) atoms. The molecule has 0 amide bonds. The summed E-state index contributed by atoms with van der Waals surface area (Å²) >= 11 is 0. The Labute approximate surface area is 144 Å². The molecular weight excluding hydrogens is 296 g/mol. The van der Waals surface area contributed by atoms with E-state index < -0.39 is 5.97 Å². The lowest BCUT2D eigenvalue weighted by Crippen LogP contribution is -2.13. The Hall–Kier alpha value is -2.09. The van der Waals surface area contributed by atoms with Crippen LogP contribution in [0, 0.1) is 5.92 Å².